The molecule has 0 bridgehead atoms. The molecule has 1 aliphatic rings. The molecule has 1 unspecified atom stereocenters. The van der Waals surface area contributed by atoms with Crippen LogP contribution in [0.5, 0.6) is 0 Å². The van der Waals surface area contributed by atoms with E-state index in [4.69, 9.17) is 4.74 Å². The molecule has 24 heavy (non-hydrogen) atoms. The van der Waals surface area contributed by atoms with Crippen LogP contribution in [-0.2, 0) is 4.74 Å². The average Bonchev–Trinajstić information content (AvgIpc) is 2.48. The highest BCUT2D eigenvalue weighted by Gasteiger charge is 2.28. The van der Waals surface area contributed by atoms with Crippen molar-refractivity contribution in [1.82, 2.24) is 16.0 Å². The Labute approximate surface area is 142 Å². The molecule has 0 saturated carbocycles. The molecule has 0 aromatic heterocycles. The second-order valence-electron chi connectivity index (χ2n) is 6.60. The lowest BCUT2D eigenvalue weighted by atomic mass is 10.0. The van der Waals surface area contributed by atoms with Gasteiger partial charge in [0.1, 0.15) is 17.3 Å². The van der Waals surface area contributed by atoms with Gasteiger partial charge in [-0.05, 0) is 53.2 Å². The fraction of sp³-hybridized carbons (Fsp3) is 0.688. The van der Waals surface area contributed by atoms with Gasteiger partial charge in [0.2, 0.25) is 0 Å². The molecule has 0 saturated heterocycles. The molecule has 1 aliphatic carbocycles. The Morgan fingerprint density at radius 2 is 2.04 bits per heavy atom. The van der Waals surface area contributed by atoms with E-state index in [0.29, 0.717) is 25.2 Å². The lowest BCUT2D eigenvalue weighted by Gasteiger charge is -2.20. The minimum Gasteiger partial charge on any atom is -0.444 e. The standard InChI is InChI=1S/C16H28N4O4/c1-16(2,3)24-15(21)19-11-6-5-10-18-13-9-7-8-12(17-4)14(13)20(22)23/h7,9,12,17-18H,5-6,8,10-11H2,1-4H3,(H,19,21). The summed E-state index contributed by atoms with van der Waals surface area (Å²) >= 11 is 0. The molecule has 1 amide bonds. The largest absolute Gasteiger partial charge is 0.444 e. The number of nitrogens with one attached hydrogen (secondary N) is 3. The van der Waals surface area contributed by atoms with Gasteiger partial charge >= 0.3 is 6.09 Å². The fourth-order valence-corrected chi connectivity index (χ4v) is 2.31. The van der Waals surface area contributed by atoms with Crippen LogP contribution in [-0.4, -0.2) is 42.8 Å². The lowest BCUT2D eigenvalue weighted by molar-refractivity contribution is -0.431. The molecule has 8 nitrogen and oxygen atoms in total. The van der Waals surface area contributed by atoms with Gasteiger partial charge in [0.05, 0.1) is 4.92 Å². The summed E-state index contributed by atoms with van der Waals surface area (Å²) in [4.78, 5) is 22.4. The van der Waals surface area contributed by atoms with E-state index in [1.54, 1.807) is 13.1 Å². The summed E-state index contributed by atoms with van der Waals surface area (Å²) in [6.07, 6.45) is 5.39. The van der Waals surface area contributed by atoms with E-state index in [-0.39, 0.29) is 16.7 Å². The van der Waals surface area contributed by atoms with Crippen LogP contribution < -0.4 is 16.0 Å². The van der Waals surface area contributed by atoms with Gasteiger partial charge in [-0.2, -0.15) is 0 Å². The zero-order valence-corrected chi connectivity index (χ0v) is 14.8. The number of carbonyl (C=O) groups is 1. The van der Waals surface area contributed by atoms with Gasteiger partial charge in [0.15, 0.2) is 0 Å². The number of hydrogen-bond donors (Lipinski definition) is 3. The van der Waals surface area contributed by atoms with Crippen molar-refractivity contribution in [3.05, 3.63) is 33.7 Å². The smallest absolute Gasteiger partial charge is 0.407 e. The van der Waals surface area contributed by atoms with Gasteiger partial charge in [0, 0.05) is 13.1 Å². The third-order valence-corrected chi connectivity index (χ3v) is 3.39. The summed E-state index contributed by atoms with van der Waals surface area (Å²) in [6.45, 7) is 6.55. The summed E-state index contributed by atoms with van der Waals surface area (Å²) in [5, 5.41) is 20.0. The number of ether oxygens (including phenoxy) is 1. The van der Waals surface area contributed by atoms with Gasteiger partial charge in [-0.1, -0.05) is 6.08 Å². The molecule has 8 heteroatoms. The predicted octanol–water partition coefficient (Wildman–Crippen LogP) is 1.92. The van der Waals surface area contributed by atoms with Gasteiger partial charge in [-0.3, -0.25) is 10.1 Å². The van der Waals surface area contributed by atoms with Crippen LogP contribution >= 0.6 is 0 Å². The molecule has 0 spiro atoms. The first-order valence-corrected chi connectivity index (χ1v) is 8.17. The Kier molecular flexibility index (Phi) is 7.70. The first-order chi connectivity index (χ1) is 11.2. The Hall–Kier alpha value is -2.09. The van der Waals surface area contributed by atoms with Crippen molar-refractivity contribution in [1.29, 1.82) is 0 Å². The maximum atomic E-state index is 11.5. The third kappa shape index (κ3) is 6.99. The molecule has 1 atom stereocenters. The second kappa shape index (κ2) is 9.27. The quantitative estimate of drug-likeness (QED) is 0.354. The Bertz CT molecular complexity index is 509. The minimum atomic E-state index is -0.506. The number of hydrogen-bond acceptors (Lipinski definition) is 6. The highest BCUT2D eigenvalue weighted by atomic mass is 16.6. The highest BCUT2D eigenvalue weighted by molar-refractivity contribution is 5.67. The van der Waals surface area contributed by atoms with Crippen LogP contribution in [0, 0.1) is 10.1 Å². The third-order valence-electron chi connectivity index (χ3n) is 3.39. The molecular formula is C16H28N4O4. The van der Waals surface area contributed by atoms with Crippen molar-refractivity contribution in [2.75, 3.05) is 20.1 Å². The van der Waals surface area contributed by atoms with Crippen molar-refractivity contribution < 1.29 is 14.5 Å². The van der Waals surface area contributed by atoms with Crippen LogP contribution in [0.4, 0.5) is 4.79 Å². The zero-order valence-electron chi connectivity index (χ0n) is 14.8. The van der Waals surface area contributed by atoms with Crippen LogP contribution in [0.2, 0.25) is 0 Å². The van der Waals surface area contributed by atoms with Crippen LogP contribution in [0.25, 0.3) is 0 Å². The lowest BCUT2D eigenvalue weighted by Crippen LogP contribution is -2.35. The summed E-state index contributed by atoms with van der Waals surface area (Å²) in [5.74, 6) is 0. The summed E-state index contributed by atoms with van der Waals surface area (Å²) < 4.78 is 5.14. The molecule has 3 N–H and O–H groups in total. The van der Waals surface area contributed by atoms with Gasteiger partial charge < -0.3 is 20.7 Å². The number of carbonyl (C=O) groups excluding carboxylic acids is 1. The van der Waals surface area contributed by atoms with Crippen LogP contribution in [0.1, 0.15) is 40.0 Å². The van der Waals surface area contributed by atoms with Crippen molar-refractivity contribution in [3.63, 3.8) is 0 Å². The number of likely N-dealkylation sites (N-methyl/N-ethyl adjacent to an activating group) is 1. The Morgan fingerprint density at radius 3 is 2.62 bits per heavy atom. The number of unbranched alkanes of at least 4 members (excludes halogenated alkanes) is 1. The van der Waals surface area contributed by atoms with Crippen molar-refractivity contribution in [2.24, 2.45) is 0 Å². The molecule has 1 rings (SSSR count). The number of alkyl carbamates (subject to hydrolysis) is 1. The van der Waals surface area contributed by atoms with Crippen LogP contribution in [0.15, 0.2) is 23.5 Å². The predicted molar refractivity (Wildman–Crippen MR) is 92.1 cm³/mol. The summed E-state index contributed by atoms with van der Waals surface area (Å²) in [7, 11) is 1.72. The topological polar surface area (TPSA) is 106 Å². The number of amides is 1. The SMILES string of the molecule is CNC1CC=CC(NCCCCNC(=O)OC(C)(C)C)=C1[N+](=O)[O-]. The zero-order chi connectivity index (χ0) is 18.2. The van der Waals surface area contributed by atoms with E-state index in [2.05, 4.69) is 16.0 Å². The van der Waals surface area contributed by atoms with Gasteiger partial charge in [-0.15, -0.1) is 0 Å². The van der Waals surface area contributed by atoms with Gasteiger partial charge in [0.25, 0.3) is 5.70 Å². The summed E-state index contributed by atoms with van der Waals surface area (Å²) in [6, 6.07) is -0.277. The fourth-order valence-electron chi connectivity index (χ4n) is 2.31. The van der Waals surface area contributed by atoms with Crippen molar-refractivity contribution >= 4 is 6.09 Å². The van der Waals surface area contributed by atoms with Gasteiger partial charge in [-0.25, -0.2) is 4.79 Å². The van der Waals surface area contributed by atoms with E-state index >= 15 is 0 Å². The minimum absolute atomic E-state index is 0.173. The molecule has 0 aliphatic heterocycles. The number of rotatable bonds is 8. The Morgan fingerprint density at radius 1 is 1.38 bits per heavy atom. The molecular weight excluding hydrogens is 312 g/mol. The van der Waals surface area contributed by atoms with E-state index in [9.17, 15) is 14.9 Å². The molecule has 0 fully saturated rings. The van der Waals surface area contributed by atoms with Crippen molar-refractivity contribution in [2.45, 2.75) is 51.7 Å². The molecule has 0 aromatic carbocycles. The second-order valence-corrected chi connectivity index (χ2v) is 6.60. The number of nitrogens with zero attached hydrogens (tertiary/aromatic N) is 1. The van der Waals surface area contributed by atoms with E-state index in [1.807, 2.05) is 26.8 Å². The number of nitro groups is 1. The monoisotopic (exact) mass is 340 g/mol. The molecule has 0 radical (unpaired) electrons. The van der Waals surface area contributed by atoms with E-state index in [1.165, 1.54) is 0 Å². The maximum absolute atomic E-state index is 11.5. The van der Waals surface area contributed by atoms with E-state index < -0.39 is 11.7 Å². The van der Waals surface area contributed by atoms with Crippen LogP contribution in [0.3, 0.4) is 0 Å². The van der Waals surface area contributed by atoms with Crippen molar-refractivity contribution in [3.8, 4) is 0 Å². The summed E-state index contributed by atoms with van der Waals surface area (Å²) in [5.41, 5.74) is 0.214. The normalized spacial score (nSPS) is 17.6. The molecule has 0 heterocycles. The van der Waals surface area contributed by atoms with E-state index in [0.717, 1.165) is 12.8 Å². The maximum Gasteiger partial charge on any atom is 0.407 e. The first kappa shape index (κ1) is 20.0. The highest BCUT2D eigenvalue weighted by Crippen LogP contribution is 2.18. The molecule has 0 aromatic rings. The molecule has 136 valence electrons. The number of allylic oxidation sites excluding steroid dienone is 1. The first-order valence-electron chi connectivity index (χ1n) is 8.17. The Balaban J connectivity index is 2.33. The average molecular weight is 340 g/mol.